The molecule has 0 saturated carbocycles. The first-order valence-electron chi connectivity index (χ1n) is 5.61. The normalized spacial score (nSPS) is 9.94. The molecule has 0 aromatic heterocycles. The molecule has 0 saturated heterocycles. The molecule has 0 unspecified atom stereocenters. The van der Waals surface area contributed by atoms with Gasteiger partial charge in [-0.3, -0.25) is 4.79 Å². The molecule has 0 bridgehead atoms. The average Bonchev–Trinajstić information content (AvgIpc) is 2.36. The molecule has 98 valence electrons. The fourth-order valence-electron chi connectivity index (χ4n) is 1.54. The van der Waals surface area contributed by atoms with Crippen LogP contribution in [0.25, 0.3) is 0 Å². The van der Waals surface area contributed by atoms with Crippen molar-refractivity contribution in [3.63, 3.8) is 0 Å². The van der Waals surface area contributed by atoms with Gasteiger partial charge in [0.2, 0.25) is 0 Å². The summed E-state index contributed by atoms with van der Waals surface area (Å²) in [6, 6.07) is 5.42. The van der Waals surface area contributed by atoms with Crippen LogP contribution in [0.1, 0.15) is 29.3 Å². The van der Waals surface area contributed by atoms with Gasteiger partial charge in [-0.15, -0.1) is 0 Å². The van der Waals surface area contributed by atoms with Crippen molar-refractivity contribution in [2.75, 3.05) is 13.7 Å². The van der Waals surface area contributed by atoms with Crippen LogP contribution in [0.15, 0.2) is 18.2 Å². The van der Waals surface area contributed by atoms with Crippen LogP contribution in [0.5, 0.6) is 0 Å². The smallest absolute Gasteiger partial charge is 0.338 e. The first kappa shape index (κ1) is 14.9. The Balaban J connectivity index is 2.93. The fourth-order valence-corrected chi connectivity index (χ4v) is 2.31. The van der Waals surface area contributed by atoms with Crippen LogP contribution in [0.4, 0.5) is 0 Å². The summed E-state index contributed by atoms with van der Waals surface area (Å²) in [6.07, 6.45) is 0.725. The summed E-state index contributed by atoms with van der Waals surface area (Å²) in [5.41, 5.74) is 1.36. The van der Waals surface area contributed by atoms with Gasteiger partial charge in [0.1, 0.15) is 0 Å². The average molecular weight is 362 g/mol. The van der Waals surface area contributed by atoms with Crippen LogP contribution < -0.4 is 0 Å². The van der Waals surface area contributed by atoms with E-state index in [0.717, 1.165) is 9.13 Å². The lowest BCUT2D eigenvalue weighted by Gasteiger charge is -2.10. The maximum absolute atomic E-state index is 11.8. The van der Waals surface area contributed by atoms with E-state index in [1.165, 1.54) is 7.11 Å². The van der Waals surface area contributed by atoms with Crippen LogP contribution in [0.3, 0.4) is 0 Å². The highest BCUT2D eigenvalue weighted by Gasteiger charge is 2.15. The monoisotopic (exact) mass is 362 g/mol. The molecule has 4 nitrogen and oxygen atoms in total. The molecule has 0 atom stereocenters. The Morgan fingerprint density at radius 2 is 2.06 bits per heavy atom. The van der Waals surface area contributed by atoms with Crippen LogP contribution in [-0.4, -0.2) is 25.7 Å². The molecule has 1 aromatic rings. The Kier molecular flexibility index (Phi) is 6.11. The highest BCUT2D eigenvalue weighted by Crippen LogP contribution is 2.20. The molecule has 18 heavy (non-hydrogen) atoms. The van der Waals surface area contributed by atoms with Crippen molar-refractivity contribution in [1.82, 2.24) is 0 Å². The van der Waals surface area contributed by atoms with Crippen LogP contribution in [-0.2, 0) is 20.7 Å². The van der Waals surface area contributed by atoms with E-state index >= 15 is 0 Å². The molecule has 0 heterocycles. The van der Waals surface area contributed by atoms with Gasteiger partial charge in [-0.05, 0) is 53.6 Å². The molecule has 5 heteroatoms. The number of hydrogen-bond acceptors (Lipinski definition) is 4. The summed E-state index contributed by atoms with van der Waals surface area (Å²) in [4.78, 5) is 23.0. The Bertz CT molecular complexity index is 443. The fraction of sp³-hybridized carbons (Fsp3) is 0.385. The van der Waals surface area contributed by atoms with E-state index < -0.39 is 0 Å². The van der Waals surface area contributed by atoms with E-state index in [-0.39, 0.29) is 18.4 Å². The van der Waals surface area contributed by atoms with E-state index in [9.17, 15) is 9.59 Å². The summed E-state index contributed by atoms with van der Waals surface area (Å²) in [5, 5.41) is 0. The number of rotatable bonds is 5. The van der Waals surface area contributed by atoms with Crippen LogP contribution in [0, 0.1) is 3.57 Å². The summed E-state index contributed by atoms with van der Waals surface area (Å²) in [6.45, 7) is 2.10. The quantitative estimate of drug-likeness (QED) is 0.597. The highest BCUT2D eigenvalue weighted by atomic mass is 127. The zero-order chi connectivity index (χ0) is 13.5. The van der Waals surface area contributed by atoms with Gasteiger partial charge in [-0.25, -0.2) is 4.79 Å². The van der Waals surface area contributed by atoms with Gasteiger partial charge in [-0.2, -0.15) is 0 Å². The van der Waals surface area contributed by atoms with Gasteiger partial charge in [0, 0.05) is 9.99 Å². The number of carbonyl (C=O) groups is 2. The molecular weight excluding hydrogens is 347 g/mol. The number of benzene rings is 1. The SMILES string of the molecule is CCOC(=O)c1cccc(I)c1CCC(=O)OC. The van der Waals surface area contributed by atoms with E-state index in [1.807, 2.05) is 6.07 Å². The van der Waals surface area contributed by atoms with Gasteiger partial charge in [0.15, 0.2) is 0 Å². The Morgan fingerprint density at radius 3 is 2.67 bits per heavy atom. The van der Waals surface area contributed by atoms with Crippen LogP contribution >= 0.6 is 22.6 Å². The van der Waals surface area contributed by atoms with Gasteiger partial charge in [-0.1, -0.05) is 6.07 Å². The zero-order valence-electron chi connectivity index (χ0n) is 10.4. The predicted molar refractivity (Wildman–Crippen MR) is 75.5 cm³/mol. The Morgan fingerprint density at radius 1 is 1.33 bits per heavy atom. The third-order valence-electron chi connectivity index (χ3n) is 2.42. The second-order valence-electron chi connectivity index (χ2n) is 3.56. The summed E-state index contributed by atoms with van der Waals surface area (Å²) in [7, 11) is 1.35. The third-order valence-corrected chi connectivity index (χ3v) is 3.43. The Hall–Kier alpha value is -1.11. The number of halogens is 1. The maximum Gasteiger partial charge on any atom is 0.338 e. The molecule has 0 spiro atoms. The van der Waals surface area contributed by atoms with Crippen molar-refractivity contribution in [3.8, 4) is 0 Å². The Labute approximate surface area is 120 Å². The molecule has 0 N–H and O–H groups in total. The van der Waals surface area contributed by atoms with Crippen molar-refractivity contribution in [1.29, 1.82) is 0 Å². The van der Waals surface area contributed by atoms with Crippen molar-refractivity contribution in [2.45, 2.75) is 19.8 Å². The van der Waals surface area contributed by atoms with E-state index in [1.54, 1.807) is 19.1 Å². The van der Waals surface area contributed by atoms with Crippen molar-refractivity contribution in [3.05, 3.63) is 32.9 Å². The predicted octanol–water partition coefficient (Wildman–Crippen LogP) is 2.57. The van der Waals surface area contributed by atoms with Crippen molar-refractivity contribution >= 4 is 34.5 Å². The lowest BCUT2D eigenvalue weighted by Crippen LogP contribution is -2.11. The molecule has 0 aliphatic carbocycles. The number of carbonyl (C=O) groups excluding carboxylic acids is 2. The molecule has 0 amide bonds. The minimum absolute atomic E-state index is 0.253. The molecule has 0 radical (unpaired) electrons. The van der Waals surface area contributed by atoms with Crippen LogP contribution in [0.2, 0.25) is 0 Å². The molecular formula is C13H15IO4. The second kappa shape index (κ2) is 7.35. The van der Waals surface area contributed by atoms with Gasteiger partial charge >= 0.3 is 11.9 Å². The van der Waals surface area contributed by atoms with E-state index in [2.05, 4.69) is 27.3 Å². The standard InChI is InChI=1S/C13H15IO4/c1-3-18-13(16)10-5-4-6-11(14)9(10)7-8-12(15)17-2/h4-6H,3,7-8H2,1-2H3. The zero-order valence-corrected chi connectivity index (χ0v) is 12.5. The summed E-state index contributed by atoms with van der Waals surface area (Å²) < 4.78 is 10.5. The third kappa shape index (κ3) is 3.97. The first-order valence-corrected chi connectivity index (χ1v) is 6.69. The van der Waals surface area contributed by atoms with Crippen molar-refractivity contribution in [2.24, 2.45) is 0 Å². The van der Waals surface area contributed by atoms with Gasteiger partial charge in [0.25, 0.3) is 0 Å². The number of hydrogen-bond donors (Lipinski definition) is 0. The van der Waals surface area contributed by atoms with Gasteiger partial charge < -0.3 is 9.47 Å². The summed E-state index contributed by atoms with van der Waals surface area (Å²) >= 11 is 2.15. The first-order chi connectivity index (χ1) is 8.60. The highest BCUT2D eigenvalue weighted by molar-refractivity contribution is 14.1. The minimum atomic E-state index is -0.351. The lowest BCUT2D eigenvalue weighted by molar-refractivity contribution is -0.140. The molecule has 0 aliphatic rings. The molecule has 1 rings (SSSR count). The van der Waals surface area contributed by atoms with Gasteiger partial charge in [0.05, 0.1) is 19.3 Å². The number of ether oxygens (including phenoxy) is 2. The molecule has 1 aromatic carbocycles. The lowest BCUT2D eigenvalue weighted by atomic mass is 10.0. The summed E-state index contributed by atoms with van der Waals surface area (Å²) in [5.74, 6) is -0.639. The maximum atomic E-state index is 11.8. The number of methoxy groups -OCH3 is 1. The molecule has 0 fully saturated rings. The van der Waals surface area contributed by atoms with E-state index in [4.69, 9.17) is 4.74 Å². The van der Waals surface area contributed by atoms with E-state index in [0.29, 0.717) is 18.6 Å². The largest absolute Gasteiger partial charge is 0.469 e. The topological polar surface area (TPSA) is 52.6 Å². The van der Waals surface area contributed by atoms with Crippen molar-refractivity contribution < 1.29 is 19.1 Å². The minimum Gasteiger partial charge on any atom is -0.469 e. The molecule has 0 aliphatic heterocycles. The number of esters is 2. The second-order valence-corrected chi connectivity index (χ2v) is 4.72.